The van der Waals surface area contributed by atoms with Crippen LogP contribution in [-0.2, 0) is 19.0 Å². The molecule has 3 heterocycles. The van der Waals surface area contributed by atoms with Gasteiger partial charge in [0.05, 0.1) is 23.1 Å². The Morgan fingerprint density at radius 1 is 0.902 bits per heavy atom. The minimum absolute atomic E-state index is 0.213. The van der Waals surface area contributed by atoms with Crippen molar-refractivity contribution in [2.75, 3.05) is 48.8 Å². The monoisotopic (exact) mass is 571 g/mol. The third-order valence-electron chi connectivity index (χ3n) is 6.85. The van der Waals surface area contributed by atoms with Crippen LogP contribution in [0.3, 0.4) is 0 Å². The summed E-state index contributed by atoms with van der Waals surface area (Å²) in [6, 6.07) is 6.57. The molecule has 0 saturated carbocycles. The zero-order chi connectivity index (χ0) is 29.1. The Morgan fingerprint density at radius 2 is 1.66 bits per heavy atom. The van der Waals surface area contributed by atoms with Gasteiger partial charge in [-0.15, -0.1) is 0 Å². The zero-order valence-corrected chi connectivity index (χ0v) is 22.0. The van der Waals surface area contributed by atoms with E-state index in [1.165, 1.54) is 12.1 Å². The third-order valence-corrected chi connectivity index (χ3v) is 6.85. The standard InChI is InChI=1S/C28H26F5N7O/c1-39-10-12-40(13-11-39)24-16-35-25-18(8-9-34-26(25)38-24)4-2-17-3-7-22(21(30)14-17)36-27(41)37-23-15-19(28(31,32)33)5-6-20(23)29/h3,5-9,14-16H,2,4,10-13H2,1H3,(H2,36,37,41). The van der Waals surface area contributed by atoms with Gasteiger partial charge in [-0.1, -0.05) is 6.07 Å². The summed E-state index contributed by atoms with van der Waals surface area (Å²) in [7, 11) is 2.08. The van der Waals surface area contributed by atoms with Gasteiger partial charge in [0, 0.05) is 32.4 Å². The number of fused-ring (bicyclic) bond motifs is 1. The number of nitrogens with zero attached hydrogens (tertiary/aromatic N) is 5. The van der Waals surface area contributed by atoms with Gasteiger partial charge in [0.1, 0.15) is 23.0 Å². The van der Waals surface area contributed by atoms with Crippen LogP contribution in [0, 0.1) is 11.6 Å². The molecule has 5 rings (SSSR count). The van der Waals surface area contributed by atoms with E-state index in [4.69, 9.17) is 4.98 Å². The summed E-state index contributed by atoms with van der Waals surface area (Å²) < 4.78 is 67.4. The quantitative estimate of drug-likeness (QED) is 0.297. The summed E-state index contributed by atoms with van der Waals surface area (Å²) in [6.07, 6.45) is -0.317. The van der Waals surface area contributed by atoms with Gasteiger partial charge < -0.3 is 20.4 Å². The minimum atomic E-state index is -4.72. The molecule has 8 nitrogen and oxygen atoms in total. The molecule has 1 saturated heterocycles. The maximum absolute atomic E-state index is 14.8. The van der Waals surface area contributed by atoms with Crippen LogP contribution in [0.2, 0.25) is 0 Å². The van der Waals surface area contributed by atoms with Crippen LogP contribution < -0.4 is 15.5 Å². The molecule has 0 radical (unpaired) electrons. The van der Waals surface area contributed by atoms with Gasteiger partial charge in [0.2, 0.25) is 0 Å². The maximum atomic E-state index is 14.8. The van der Waals surface area contributed by atoms with E-state index in [1.807, 2.05) is 11.4 Å². The summed E-state index contributed by atoms with van der Waals surface area (Å²) in [5.74, 6) is -1.04. The highest BCUT2D eigenvalue weighted by Gasteiger charge is 2.31. The van der Waals surface area contributed by atoms with Crippen LogP contribution in [0.25, 0.3) is 11.2 Å². The molecule has 13 heteroatoms. The van der Waals surface area contributed by atoms with Gasteiger partial charge in [0.25, 0.3) is 0 Å². The number of anilines is 3. The SMILES string of the molecule is CN1CCN(c2cnc3c(CCc4ccc(NC(=O)Nc5cc(C(F)(F)F)ccc5F)c(F)c4)ccnc3n2)CC1. The van der Waals surface area contributed by atoms with Crippen molar-refractivity contribution < 1.29 is 26.7 Å². The first-order chi connectivity index (χ1) is 19.6. The number of pyridine rings is 1. The van der Waals surface area contributed by atoms with E-state index in [2.05, 4.69) is 32.1 Å². The molecule has 4 aromatic rings. The van der Waals surface area contributed by atoms with Crippen molar-refractivity contribution in [3.63, 3.8) is 0 Å². The highest BCUT2D eigenvalue weighted by Crippen LogP contribution is 2.32. The number of piperazine rings is 1. The maximum Gasteiger partial charge on any atom is 0.416 e. The second-order valence-electron chi connectivity index (χ2n) is 9.75. The van der Waals surface area contributed by atoms with Crippen molar-refractivity contribution in [1.29, 1.82) is 0 Å². The molecular formula is C28H26F5N7O. The predicted octanol–water partition coefficient (Wildman–Crippen LogP) is 5.50. The number of rotatable bonds is 6. The molecule has 2 N–H and O–H groups in total. The molecule has 0 bridgehead atoms. The fourth-order valence-electron chi connectivity index (χ4n) is 4.52. The fraction of sp³-hybridized carbons (Fsp3) is 0.286. The summed E-state index contributed by atoms with van der Waals surface area (Å²) >= 11 is 0. The van der Waals surface area contributed by atoms with E-state index in [0.29, 0.717) is 47.8 Å². The first-order valence-electron chi connectivity index (χ1n) is 12.8. The number of benzene rings is 2. The van der Waals surface area contributed by atoms with Gasteiger partial charge >= 0.3 is 12.2 Å². The van der Waals surface area contributed by atoms with E-state index < -0.39 is 35.1 Å². The van der Waals surface area contributed by atoms with Crippen LogP contribution in [-0.4, -0.2) is 59.1 Å². The van der Waals surface area contributed by atoms with Gasteiger partial charge in [0.15, 0.2) is 5.65 Å². The van der Waals surface area contributed by atoms with Crippen LogP contribution in [0.15, 0.2) is 54.9 Å². The van der Waals surface area contributed by atoms with Crippen LogP contribution >= 0.6 is 0 Å². The first-order valence-corrected chi connectivity index (χ1v) is 12.8. The van der Waals surface area contributed by atoms with E-state index in [9.17, 15) is 26.7 Å². The van der Waals surface area contributed by atoms with Gasteiger partial charge in [-0.25, -0.2) is 28.5 Å². The molecule has 0 unspecified atom stereocenters. The molecule has 41 heavy (non-hydrogen) atoms. The summed E-state index contributed by atoms with van der Waals surface area (Å²) in [5, 5.41) is 4.19. The average molecular weight is 572 g/mol. The molecular weight excluding hydrogens is 545 g/mol. The number of nitrogens with one attached hydrogen (secondary N) is 2. The molecule has 1 fully saturated rings. The summed E-state index contributed by atoms with van der Waals surface area (Å²) in [5.41, 5.74) is 0.721. The van der Waals surface area contributed by atoms with Crippen molar-refractivity contribution >= 4 is 34.4 Å². The first kappa shape index (κ1) is 28.1. The smallest absolute Gasteiger partial charge is 0.353 e. The Balaban J connectivity index is 1.22. The Bertz CT molecular complexity index is 1570. The van der Waals surface area contributed by atoms with Crippen molar-refractivity contribution in [2.45, 2.75) is 19.0 Å². The Hall–Kier alpha value is -4.39. The number of alkyl halides is 3. The number of hydrogen-bond donors (Lipinski definition) is 2. The molecule has 2 amide bonds. The fourth-order valence-corrected chi connectivity index (χ4v) is 4.52. The van der Waals surface area contributed by atoms with Gasteiger partial charge in [-0.05, 0) is 67.4 Å². The number of hydrogen-bond acceptors (Lipinski definition) is 6. The van der Waals surface area contributed by atoms with Crippen LogP contribution in [0.5, 0.6) is 0 Å². The van der Waals surface area contributed by atoms with E-state index in [-0.39, 0.29) is 5.69 Å². The highest BCUT2D eigenvalue weighted by molar-refractivity contribution is 6.00. The van der Waals surface area contributed by atoms with E-state index in [0.717, 1.165) is 37.6 Å². The Kier molecular flexibility index (Phi) is 7.97. The number of halogens is 5. The van der Waals surface area contributed by atoms with Crippen LogP contribution in [0.4, 0.5) is 43.9 Å². The number of aromatic nitrogens is 3. The number of likely N-dealkylation sites (N-methyl/N-ethyl adjacent to an activating group) is 1. The number of urea groups is 1. The van der Waals surface area contributed by atoms with E-state index >= 15 is 0 Å². The number of amides is 2. The van der Waals surface area contributed by atoms with Gasteiger partial charge in [-0.3, -0.25) is 0 Å². The molecule has 0 spiro atoms. The van der Waals surface area contributed by atoms with Crippen LogP contribution in [0.1, 0.15) is 16.7 Å². The lowest BCUT2D eigenvalue weighted by molar-refractivity contribution is -0.137. The second-order valence-corrected chi connectivity index (χ2v) is 9.75. The molecule has 1 aliphatic heterocycles. The van der Waals surface area contributed by atoms with E-state index in [1.54, 1.807) is 18.5 Å². The second kappa shape index (κ2) is 11.6. The number of carbonyl (C=O) groups is 1. The molecule has 2 aromatic heterocycles. The Labute approximate surface area is 232 Å². The lowest BCUT2D eigenvalue weighted by atomic mass is 10.0. The lowest BCUT2D eigenvalue weighted by Crippen LogP contribution is -2.44. The number of aryl methyl sites for hydroxylation is 2. The average Bonchev–Trinajstić information content (AvgIpc) is 2.94. The highest BCUT2D eigenvalue weighted by atomic mass is 19.4. The molecule has 0 atom stereocenters. The van der Waals surface area contributed by atoms with Crippen molar-refractivity contribution in [1.82, 2.24) is 19.9 Å². The van der Waals surface area contributed by atoms with Gasteiger partial charge in [-0.2, -0.15) is 13.2 Å². The number of carbonyl (C=O) groups excluding carboxylic acids is 1. The Morgan fingerprint density at radius 3 is 2.39 bits per heavy atom. The van der Waals surface area contributed by atoms with Crippen molar-refractivity contribution in [3.8, 4) is 0 Å². The molecule has 214 valence electrons. The largest absolute Gasteiger partial charge is 0.416 e. The van der Waals surface area contributed by atoms with Crippen molar-refractivity contribution in [3.05, 3.63) is 83.2 Å². The molecule has 1 aliphatic rings. The normalized spacial score (nSPS) is 14.3. The minimum Gasteiger partial charge on any atom is -0.353 e. The lowest BCUT2D eigenvalue weighted by Gasteiger charge is -2.32. The topological polar surface area (TPSA) is 86.3 Å². The summed E-state index contributed by atoms with van der Waals surface area (Å²) in [4.78, 5) is 30.4. The third kappa shape index (κ3) is 6.68. The zero-order valence-electron chi connectivity index (χ0n) is 22.0. The molecule has 2 aromatic carbocycles. The summed E-state index contributed by atoms with van der Waals surface area (Å²) in [6.45, 7) is 3.60. The molecule has 0 aliphatic carbocycles. The van der Waals surface area contributed by atoms with Crippen molar-refractivity contribution in [2.24, 2.45) is 0 Å². The predicted molar refractivity (Wildman–Crippen MR) is 145 cm³/mol.